The first kappa shape index (κ1) is 16.3. The molecule has 1 aromatic carbocycles. The zero-order valence-corrected chi connectivity index (χ0v) is 14.2. The van der Waals surface area contributed by atoms with Crippen LogP contribution in [0.4, 0.5) is 0 Å². The Balaban J connectivity index is 1.75. The van der Waals surface area contributed by atoms with Crippen LogP contribution >= 0.6 is 15.9 Å². The van der Waals surface area contributed by atoms with Crippen LogP contribution in [-0.4, -0.2) is 24.6 Å². The number of benzene rings is 1. The quantitative estimate of drug-likeness (QED) is 0.754. The molecule has 0 atom stereocenters. The third kappa shape index (κ3) is 6.06. The van der Waals surface area contributed by atoms with E-state index >= 15 is 0 Å². The number of nitrogens with one attached hydrogen (secondary N) is 2. The minimum absolute atomic E-state index is 0.0753. The number of carbonyl (C=O) groups excluding carboxylic acids is 1. The second-order valence-electron chi connectivity index (χ2n) is 5.74. The summed E-state index contributed by atoms with van der Waals surface area (Å²) in [5.41, 5.74) is 1.20. The lowest BCUT2D eigenvalue weighted by atomic mass is 10.2. The van der Waals surface area contributed by atoms with Crippen LogP contribution in [0, 0.1) is 0 Å². The summed E-state index contributed by atoms with van der Waals surface area (Å²) >= 11 is 3.52. The third-order valence-corrected chi connectivity index (χ3v) is 3.86. The van der Waals surface area contributed by atoms with Crippen LogP contribution in [0.25, 0.3) is 0 Å². The topological polar surface area (TPSA) is 50.4 Å². The number of carbonyl (C=O) groups is 1. The number of hydrogen-bond acceptors (Lipinski definition) is 3. The van der Waals surface area contributed by atoms with Crippen molar-refractivity contribution in [3.63, 3.8) is 0 Å². The molecule has 1 aliphatic carbocycles. The van der Waals surface area contributed by atoms with Gasteiger partial charge in [-0.15, -0.1) is 0 Å². The molecule has 2 N–H and O–H groups in total. The molecule has 2 rings (SSSR count). The standard InChI is InChI=1S/C16H23BrN2O2/c1-11(2)18-10-12-3-6-15(14(17)9-12)21-8-7-16(20)19-13-4-5-13/h3,6,9,11,13,18H,4-5,7-8,10H2,1-2H3,(H,19,20). The molecule has 1 amide bonds. The van der Waals surface area contributed by atoms with Crippen molar-refractivity contribution in [2.75, 3.05) is 6.61 Å². The van der Waals surface area contributed by atoms with E-state index in [9.17, 15) is 4.79 Å². The molecule has 0 aliphatic heterocycles. The summed E-state index contributed by atoms with van der Waals surface area (Å²) in [6.45, 7) is 5.49. The molecule has 0 spiro atoms. The summed E-state index contributed by atoms with van der Waals surface area (Å²) in [7, 11) is 0. The fraction of sp³-hybridized carbons (Fsp3) is 0.562. The van der Waals surface area contributed by atoms with E-state index in [-0.39, 0.29) is 5.91 Å². The second kappa shape index (κ2) is 7.80. The molecule has 0 heterocycles. The van der Waals surface area contributed by atoms with E-state index in [0.29, 0.717) is 25.1 Å². The van der Waals surface area contributed by atoms with Crippen molar-refractivity contribution in [3.8, 4) is 5.75 Å². The van der Waals surface area contributed by atoms with E-state index in [0.717, 1.165) is 29.6 Å². The van der Waals surface area contributed by atoms with E-state index < -0.39 is 0 Å². The van der Waals surface area contributed by atoms with Crippen molar-refractivity contribution in [1.29, 1.82) is 0 Å². The highest BCUT2D eigenvalue weighted by Gasteiger charge is 2.22. The van der Waals surface area contributed by atoms with Gasteiger partial charge in [0.2, 0.25) is 5.91 Å². The lowest BCUT2D eigenvalue weighted by molar-refractivity contribution is -0.121. The minimum Gasteiger partial charge on any atom is -0.492 e. The Hall–Kier alpha value is -1.07. The van der Waals surface area contributed by atoms with Gasteiger partial charge < -0.3 is 15.4 Å². The van der Waals surface area contributed by atoms with Gasteiger partial charge in [0, 0.05) is 18.6 Å². The van der Waals surface area contributed by atoms with Gasteiger partial charge in [-0.1, -0.05) is 19.9 Å². The fourth-order valence-corrected chi connectivity index (χ4v) is 2.42. The lowest BCUT2D eigenvalue weighted by Crippen LogP contribution is -2.26. The number of ether oxygens (including phenoxy) is 1. The highest BCUT2D eigenvalue weighted by Crippen LogP contribution is 2.26. The maximum atomic E-state index is 11.6. The van der Waals surface area contributed by atoms with Crippen molar-refractivity contribution in [2.45, 2.75) is 51.7 Å². The van der Waals surface area contributed by atoms with Crippen LogP contribution in [-0.2, 0) is 11.3 Å². The molecule has 1 aliphatic rings. The van der Waals surface area contributed by atoms with E-state index in [4.69, 9.17) is 4.74 Å². The van der Waals surface area contributed by atoms with Gasteiger partial charge in [-0.3, -0.25) is 4.79 Å². The fourth-order valence-electron chi connectivity index (χ4n) is 1.87. The van der Waals surface area contributed by atoms with Crippen molar-refractivity contribution in [1.82, 2.24) is 10.6 Å². The van der Waals surface area contributed by atoms with Crippen LogP contribution in [0.2, 0.25) is 0 Å². The molecule has 1 fully saturated rings. The average Bonchev–Trinajstić information content (AvgIpc) is 3.22. The van der Waals surface area contributed by atoms with E-state index in [1.54, 1.807) is 0 Å². The Morgan fingerprint density at radius 2 is 2.19 bits per heavy atom. The van der Waals surface area contributed by atoms with E-state index in [2.05, 4.69) is 46.5 Å². The normalized spacial score (nSPS) is 14.3. The number of rotatable bonds is 8. The smallest absolute Gasteiger partial charge is 0.223 e. The van der Waals surface area contributed by atoms with Crippen molar-refractivity contribution < 1.29 is 9.53 Å². The zero-order chi connectivity index (χ0) is 15.2. The van der Waals surface area contributed by atoms with Gasteiger partial charge in [-0.05, 0) is 46.5 Å². The minimum atomic E-state index is 0.0753. The highest BCUT2D eigenvalue weighted by molar-refractivity contribution is 9.10. The number of hydrogen-bond donors (Lipinski definition) is 2. The Kier molecular flexibility index (Phi) is 6.06. The molecule has 5 heteroatoms. The Labute approximate surface area is 134 Å². The van der Waals surface area contributed by atoms with E-state index in [1.807, 2.05) is 12.1 Å². The summed E-state index contributed by atoms with van der Waals surface area (Å²) in [4.78, 5) is 11.6. The molecular formula is C16H23BrN2O2. The Morgan fingerprint density at radius 3 is 2.81 bits per heavy atom. The van der Waals surface area contributed by atoms with Crippen molar-refractivity contribution >= 4 is 21.8 Å². The molecule has 0 aromatic heterocycles. The first-order valence-electron chi connectivity index (χ1n) is 7.48. The third-order valence-electron chi connectivity index (χ3n) is 3.24. The molecule has 0 bridgehead atoms. The molecule has 116 valence electrons. The van der Waals surface area contributed by atoms with Crippen LogP contribution in [0.1, 0.15) is 38.7 Å². The molecule has 21 heavy (non-hydrogen) atoms. The van der Waals surface area contributed by atoms with Crippen LogP contribution < -0.4 is 15.4 Å². The largest absolute Gasteiger partial charge is 0.492 e. The monoisotopic (exact) mass is 354 g/mol. The summed E-state index contributed by atoms with van der Waals surface area (Å²) < 4.78 is 6.59. The first-order valence-corrected chi connectivity index (χ1v) is 8.28. The summed E-state index contributed by atoms with van der Waals surface area (Å²) in [5, 5.41) is 6.33. The number of amides is 1. The first-order chi connectivity index (χ1) is 10.0. The van der Waals surface area contributed by atoms with Crippen LogP contribution in [0.3, 0.4) is 0 Å². The van der Waals surface area contributed by atoms with Crippen molar-refractivity contribution in [2.24, 2.45) is 0 Å². The van der Waals surface area contributed by atoms with Crippen molar-refractivity contribution in [3.05, 3.63) is 28.2 Å². The van der Waals surface area contributed by atoms with Gasteiger partial charge >= 0.3 is 0 Å². The van der Waals surface area contributed by atoms with E-state index in [1.165, 1.54) is 5.56 Å². The predicted molar refractivity (Wildman–Crippen MR) is 87.4 cm³/mol. The molecule has 4 nitrogen and oxygen atoms in total. The van der Waals surface area contributed by atoms with Gasteiger partial charge in [0.1, 0.15) is 5.75 Å². The maximum absolute atomic E-state index is 11.6. The van der Waals surface area contributed by atoms with Gasteiger partial charge in [-0.2, -0.15) is 0 Å². The van der Waals surface area contributed by atoms with Crippen LogP contribution in [0.5, 0.6) is 5.75 Å². The van der Waals surface area contributed by atoms with Crippen LogP contribution in [0.15, 0.2) is 22.7 Å². The van der Waals surface area contributed by atoms with Gasteiger partial charge in [-0.25, -0.2) is 0 Å². The second-order valence-corrected chi connectivity index (χ2v) is 6.59. The van der Waals surface area contributed by atoms with Gasteiger partial charge in [0.05, 0.1) is 17.5 Å². The average molecular weight is 355 g/mol. The molecule has 0 unspecified atom stereocenters. The summed E-state index contributed by atoms with van der Waals surface area (Å²) in [6.07, 6.45) is 2.63. The molecule has 1 saturated carbocycles. The summed E-state index contributed by atoms with van der Waals surface area (Å²) in [6, 6.07) is 6.91. The molecular weight excluding hydrogens is 332 g/mol. The Bertz CT molecular complexity index is 487. The lowest BCUT2D eigenvalue weighted by Gasteiger charge is -2.11. The van der Waals surface area contributed by atoms with Gasteiger partial charge in [0.25, 0.3) is 0 Å². The van der Waals surface area contributed by atoms with Gasteiger partial charge in [0.15, 0.2) is 0 Å². The highest BCUT2D eigenvalue weighted by atomic mass is 79.9. The summed E-state index contributed by atoms with van der Waals surface area (Å²) in [5.74, 6) is 0.855. The molecule has 0 saturated heterocycles. The SMILES string of the molecule is CC(C)NCc1ccc(OCCC(=O)NC2CC2)c(Br)c1. The number of halogens is 1. The maximum Gasteiger partial charge on any atom is 0.223 e. The Morgan fingerprint density at radius 1 is 1.43 bits per heavy atom. The molecule has 1 aromatic rings. The zero-order valence-electron chi connectivity index (χ0n) is 12.6. The predicted octanol–water partition coefficient (Wildman–Crippen LogP) is 2.99. The molecule has 0 radical (unpaired) electrons.